The fraction of sp³-hybridized carbons (Fsp3) is 0.121. The summed E-state index contributed by atoms with van der Waals surface area (Å²) in [6.45, 7) is 3.80. The minimum atomic E-state index is -0.344. The van der Waals surface area contributed by atoms with Crippen molar-refractivity contribution in [1.82, 2.24) is 30.0 Å². The summed E-state index contributed by atoms with van der Waals surface area (Å²) in [5.74, 6) is 6.24. The SMILES string of the molecule is Cc1ncc2cccnc2c1C(=O)NC(C)c1cc2cccc(C#Cc3cnn(C)c3)c2nc1-c1ccccc1. The van der Waals surface area contributed by atoms with E-state index in [1.54, 1.807) is 23.3 Å². The fourth-order valence-corrected chi connectivity index (χ4v) is 4.85. The van der Waals surface area contributed by atoms with Crippen molar-refractivity contribution in [2.75, 3.05) is 0 Å². The van der Waals surface area contributed by atoms with E-state index in [9.17, 15) is 4.79 Å². The molecule has 194 valence electrons. The minimum absolute atomic E-state index is 0.225. The van der Waals surface area contributed by atoms with Gasteiger partial charge >= 0.3 is 0 Å². The first kappa shape index (κ1) is 25.0. The average molecular weight is 523 g/mol. The van der Waals surface area contributed by atoms with E-state index < -0.39 is 0 Å². The van der Waals surface area contributed by atoms with Gasteiger partial charge in [-0.1, -0.05) is 54.3 Å². The molecular weight excluding hydrogens is 496 g/mol. The van der Waals surface area contributed by atoms with Gasteiger partial charge in [0.15, 0.2) is 0 Å². The molecular formula is C33H26N6O. The molecule has 0 aliphatic carbocycles. The lowest BCUT2D eigenvalue weighted by atomic mass is 9.97. The summed E-state index contributed by atoms with van der Waals surface area (Å²) in [5.41, 5.74) is 6.87. The summed E-state index contributed by atoms with van der Waals surface area (Å²) in [6, 6.07) is 21.5. The Morgan fingerprint density at radius 3 is 2.55 bits per heavy atom. The number of nitrogens with zero attached hydrogens (tertiary/aromatic N) is 5. The van der Waals surface area contributed by atoms with E-state index in [-0.39, 0.29) is 11.9 Å². The molecule has 0 radical (unpaired) electrons. The lowest BCUT2D eigenvalue weighted by Gasteiger charge is -2.20. The first-order valence-electron chi connectivity index (χ1n) is 13.0. The van der Waals surface area contributed by atoms with Crippen LogP contribution in [0.4, 0.5) is 0 Å². The van der Waals surface area contributed by atoms with Gasteiger partial charge in [-0.05, 0) is 38.1 Å². The van der Waals surface area contributed by atoms with Crippen LogP contribution in [-0.2, 0) is 7.05 Å². The highest BCUT2D eigenvalue weighted by atomic mass is 16.1. The van der Waals surface area contributed by atoms with Crippen LogP contribution in [0.1, 0.15) is 45.7 Å². The van der Waals surface area contributed by atoms with E-state index in [1.165, 1.54) is 0 Å². The summed E-state index contributed by atoms with van der Waals surface area (Å²) in [4.78, 5) is 27.6. The maximum Gasteiger partial charge on any atom is 0.255 e. The van der Waals surface area contributed by atoms with Crippen molar-refractivity contribution in [3.8, 4) is 23.1 Å². The van der Waals surface area contributed by atoms with Crippen LogP contribution in [0, 0.1) is 18.8 Å². The maximum atomic E-state index is 13.6. The van der Waals surface area contributed by atoms with Crippen LogP contribution in [0.2, 0.25) is 0 Å². The third kappa shape index (κ3) is 4.79. The second kappa shape index (κ2) is 10.4. The van der Waals surface area contributed by atoms with Gasteiger partial charge in [0.2, 0.25) is 0 Å². The number of amides is 1. The van der Waals surface area contributed by atoms with Crippen LogP contribution in [0.3, 0.4) is 0 Å². The molecule has 0 saturated heterocycles. The number of hydrogen-bond donors (Lipinski definition) is 1. The summed E-state index contributed by atoms with van der Waals surface area (Å²) >= 11 is 0. The number of rotatable bonds is 4. The smallest absolute Gasteiger partial charge is 0.255 e. The number of benzene rings is 2. The number of aryl methyl sites for hydroxylation is 2. The number of para-hydroxylation sites is 1. The van der Waals surface area contributed by atoms with Gasteiger partial charge in [0.05, 0.1) is 51.4 Å². The molecule has 2 aromatic carbocycles. The van der Waals surface area contributed by atoms with Crippen molar-refractivity contribution in [1.29, 1.82) is 0 Å². The van der Waals surface area contributed by atoms with Crippen molar-refractivity contribution in [3.63, 3.8) is 0 Å². The molecule has 4 aromatic heterocycles. The zero-order valence-corrected chi connectivity index (χ0v) is 22.4. The molecule has 6 rings (SSSR count). The van der Waals surface area contributed by atoms with E-state index in [0.29, 0.717) is 16.8 Å². The summed E-state index contributed by atoms with van der Waals surface area (Å²) in [5, 5.41) is 9.15. The average Bonchev–Trinajstić information content (AvgIpc) is 3.40. The summed E-state index contributed by atoms with van der Waals surface area (Å²) < 4.78 is 1.73. The molecule has 0 aliphatic heterocycles. The number of fused-ring (bicyclic) bond motifs is 2. The second-order valence-electron chi connectivity index (χ2n) is 9.68. The number of nitrogens with one attached hydrogen (secondary N) is 1. The predicted molar refractivity (Wildman–Crippen MR) is 157 cm³/mol. The molecule has 0 aliphatic rings. The second-order valence-corrected chi connectivity index (χ2v) is 9.68. The van der Waals surface area contributed by atoms with Crippen LogP contribution in [0.25, 0.3) is 33.1 Å². The van der Waals surface area contributed by atoms with Gasteiger partial charge in [0, 0.05) is 47.5 Å². The quantitative estimate of drug-likeness (QED) is 0.297. The van der Waals surface area contributed by atoms with E-state index in [0.717, 1.165) is 44.2 Å². The molecule has 4 heterocycles. The topological polar surface area (TPSA) is 85.6 Å². The molecule has 7 nitrogen and oxygen atoms in total. The van der Waals surface area contributed by atoms with Crippen molar-refractivity contribution < 1.29 is 4.79 Å². The highest BCUT2D eigenvalue weighted by molar-refractivity contribution is 6.06. The van der Waals surface area contributed by atoms with Gasteiger partial charge in [0.25, 0.3) is 5.91 Å². The van der Waals surface area contributed by atoms with Crippen molar-refractivity contribution in [3.05, 3.63) is 119 Å². The Balaban J connectivity index is 1.44. The molecule has 1 atom stereocenters. The molecule has 1 N–H and O–H groups in total. The molecule has 0 saturated carbocycles. The molecule has 1 amide bonds. The van der Waals surface area contributed by atoms with Crippen LogP contribution in [0.5, 0.6) is 0 Å². The van der Waals surface area contributed by atoms with E-state index in [2.05, 4.69) is 38.3 Å². The van der Waals surface area contributed by atoms with Crippen molar-refractivity contribution >= 4 is 27.7 Å². The molecule has 1 unspecified atom stereocenters. The normalized spacial score (nSPS) is 11.7. The van der Waals surface area contributed by atoms with E-state index in [4.69, 9.17) is 4.98 Å². The highest BCUT2D eigenvalue weighted by Gasteiger charge is 2.21. The molecule has 7 heteroatoms. The first-order chi connectivity index (χ1) is 19.5. The monoisotopic (exact) mass is 522 g/mol. The summed E-state index contributed by atoms with van der Waals surface area (Å²) in [7, 11) is 1.87. The van der Waals surface area contributed by atoms with Gasteiger partial charge in [-0.3, -0.25) is 19.4 Å². The van der Waals surface area contributed by atoms with Crippen LogP contribution in [0.15, 0.2) is 91.5 Å². The molecule has 0 fully saturated rings. The first-order valence-corrected chi connectivity index (χ1v) is 13.0. The van der Waals surface area contributed by atoms with Gasteiger partial charge < -0.3 is 5.32 Å². The third-order valence-corrected chi connectivity index (χ3v) is 6.84. The van der Waals surface area contributed by atoms with Crippen molar-refractivity contribution in [2.45, 2.75) is 19.9 Å². The Kier molecular flexibility index (Phi) is 6.51. The maximum absolute atomic E-state index is 13.6. The molecule has 0 bridgehead atoms. The Morgan fingerprint density at radius 2 is 1.75 bits per heavy atom. The van der Waals surface area contributed by atoms with Gasteiger partial charge in [-0.25, -0.2) is 4.98 Å². The molecule has 40 heavy (non-hydrogen) atoms. The van der Waals surface area contributed by atoms with Crippen LogP contribution in [-0.4, -0.2) is 30.6 Å². The Labute approximate surface area is 231 Å². The Bertz CT molecular complexity index is 1950. The van der Waals surface area contributed by atoms with Gasteiger partial charge in [-0.15, -0.1) is 0 Å². The van der Waals surface area contributed by atoms with Crippen LogP contribution < -0.4 is 5.32 Å². The minimum Gasteiger partial charge on any atom is -0.345 e. The standard InChI is InChI=1S/C33H26N6O/c1-21(37-33(40)29-22(2)35-19-27-13-8-16-34-32(27)29)28-17-26-12-7-11-25(15-14-23-18-36-39(3)20-23)30(26)38-31(28)24-9-5-4-6-10-24/h4-13,16-21H,1-3H3,(H,37,40). The van der Waals surface area contributed by atoms with Gasteiger partial charge in [0.1, 0.15) is 0 Å². The number of aromatic nitrogens is 5. The van der Waals surface area contributed by atoms with E-state index >= 15 is 0 Å². The lowest BCUT2D eigenvalue weighted by molar-refractivity contribution is 0.0940. The third-order valence-electron chi connectivity index (χ3n) is 6.84. The number of hydrogen-bond acceptors (Lipinski definition) is 5. The lowest BCUT2D eigenvalue weighted by Crippen LogP contribution is -2.28. The van der Waals surface area contributed by atoms with Crippen LogP contribution >= 0.6 is 0 Å². The summed E-state index contributed by atoms with van der Waals surface area (Å²) in [6.07, 6.45) is 7.06. The number of carbonyl (C=O) groups is 1. The number of pyridine rings is 3. The van der Waals surface area contributed by atoms with Gasteiger partial charge in [-0.2, -0.15) is 5.10 Å². The van der Waals surface area contributed by atoms with Crippen molar-refractivity contribution in [2.24, 2.45) is 7.05 Å². The molecule has 6 aromatic rings. The Morgan fingerprint density at radius 1 is 0.925 bits per heavy atom. The predicted octanol–water partition coefficient (Wildman–Crippen LogP) is 5.78. The molecule has 0 spiro atoms. The zero-order chi connectivity index (χ0) is 27.6. The Hall–Kier alpha value is -5.35. The highest BCUT2D eigenvalue weighted by Crippen LogP contribution is 2.31. The largest absolute Gasteiger partial charge is 0.345 e. The van der Waals surface area contributed by atoms with E-state index in [1.807, 2.05) is 87.8 Å². The number of carbonyl (C=O) groups excluding carboxylic acids is 1. The zero-order valence-electron chi connectivity index (χ0n) is 22.4. The fourth-order valence-electron chi connectivity index (χ4n) is 4.85.